The molecular weight excluding hydrogens is 360 g/mol. The molecule has 144 valence electrons. The normalized spacial score (nSPS) is 13.2. The van der Waals surface area contributed by atoms with Gasteiger partial charge in [-0.25, -0.2) is 0 Å². The van der Waals surface area contributed by atoms with Gasteiger partial charge in [-0.2, -0.15) is 0 Å². The predicted molar refractivity (Wildman–Crippen MR) is 116 cm³/mol. The fourth-order valence-electron chi connectivity index (χ4n) is 3.01. The van der Waals surface area contributed by atoms with E-state index in [0.29, 0.717) is 17.3 Å². The molecule has 0 bridgehead atoms. The molecule has 0 spiro atoms. The Bertz CT molecular complexity index is 1040. The number of amides is 2. The van der Waals surface area contributed by atoms with Crippen LogP contribution >= 0.6 is 0 Å². The first-order valence-corrected chi connectivity index (χ1v) is 9.73. The van der Waals surface area contributed by atoms with E-state index in [1.54, 1.807) is 30.3 Å². The first kappa shape index (κ1) is 18.7. The molecule has 4 heteroatoms. The fraction of sp³-hybridized carbons (Fsp3) is 0.120. The van der Waals surface area contributed by atoms with E-state index in [1.165, 1.54) is 6.08 Å². The molecule has 0 aromatic heterocycles. The van der Waals surface area contributed by atoms with Crippen molar-refractivity contribution in [3.8, 4) is 11.1 Å². The number of carbonyl (C=O) groups is 2. The van der Waals surface area contributed by atoms with Gasteiger partial charge in [0.2, 0.25) is 5.91 Å². The molecule has 4 rings (SSSR count). The average molecular weight is 382 g/mol. The molecule has 1 fully saturated rings. The standard InChI is InChI=1S/C25H22N2O2/c28-24(26-22-12-10-20(11-13-22)25(29)27-23-14-15-23)16-9-18-5-4-8-21(17-18)19-6-2-1-3-7-19/h1-13,16-17,23H,14-15H2,(H,26,28)(H,27,29)/b16-9+. The zero-order valence-electron chi connectivity index (χ0n) is 16.0. The third-order valence-corrected chi connectivity index (χ3v) is 4.75. The van der Waals surface area contributed by atoms with Crippen LogP contribution in [0.3, 0.4) is 0 Å². The van der Waals surface area contributed by atoms with E-state index < -0.39 is 0 Å². The zero-order valence-corrected chi connectivity index (χ0v) is 16.0. The Morgan fingerprint density at radius 3 is 2.28 bits per heavy atom. The van der Waals surface area contributed by atoms with E-state index in [4.69, 9.17) is 0 Å². The summed E-state index contributed by atoms with van der Waals surface area (Å²) in [6.45, 7) is 0. The summed E-state index contributed by atoms with van der Waals surface area (Å²) in [6.07, 6.45) is 5.41. The van der Waals surface area contributed by atoms with Crippen LogP contribution in [0.25, 0.3) is 17.2 Å². The Morgan fingerprint density at radius 2 is 1.55 bits per heavy atom. The van der Waals surface area contributed by atoms with Crippen LogP contribution in [0, 0.1) is 0 Å². The molecule has 0 unspecified atom stereocenters. The largest absolute Gasteiger partial charge is 0.349 e. The second-order valence-electron chi connectivity index (χ2n) is 7.14. The topological polar surface area (TPSA) is 58.2 Å². The second kappa shape index (κ2) is 8.57. The summed E-state index contributed by atoms with van der Waals surface area (Å²) in [5.74, 6) is -0.283. The molecule has 2 N–H and O–H groups in total. The van der Waals surface area contributed by atoms with Crippen LogP contribution in [0.1, 0.15) is 28.8 Å². The molecular formula is C25H22N2O2. The number of hydrogen-bond donors (Lipinski definition) is 2. The van der Waals surface area contributed by atoms with Gasteiger partial charge in [-0.3, -0.25) is 9.59 Å². The molecule has 0 atom stereocenters. The van der Waals surface area contributed by atoms with Crippen LogP contribution in [-0.4, -0.2) is 17.9 Å². The summed E-state index contributed by atoms with van der Waals surface area (Å²) >= 11 is 0. The third-order valence-electron chi connectivity index (χ3n) is 4.75. The Labute approximate surface area is 170 Å². The highest BCUT2D eigenvalue weighted by Gasteiger charge is 2.23. The highest BCUT2D eigenvalue weighted by molar-refractivity contribution is 6.02. The van der Waals surface area contributed by atoms with E-state index in [0.717, 1.165) is 29.5 Å². The number of nitrogens with one attached hydrogen (secondary N) is 2. The van der Waals surface area contributed by atoms with Gasteiger partial charge in [0.1, 0.15) is 0 Å². The van der Waals surface area contributed by atoms with Crippen molar-refractivity contribution in [3.63, 3.8) is 0 Å². The Hall–Kier alpha value is -3.66. The molecule has 3 aromatic carbocycles. The van der Waals surface area contributed by atoms with Gasteiger partial charge in [0.05, 0.1) is 0 Å². The molecule has 0 aliphatic heterocycles. The van der Waals surface area contributed by atoms with Crippen LogP contribution in [-0.2, 0) is 4.79 Å². The van der Waals surface area contributed by atoms with Crippen LogP contribution in [0.2, 0.25) is 0 Å². The summed E-state index contributed by atoms with van der Waals surface area (Å²) in [4.78, 5) is 24.2. The van der Waals surface area contributed by atoms with Crippen molar-refractivity contribution in [2.45, 2.75) is 18.9 Å². The highest BCUT2D eigenvalue weighted by Crippen LogP contribution is 2.21. The van der Waals surface area contributed by atoms with E-state index in [-0.39, 0.29) is 11.8 Å². The first-order valence-electron chi connectivity index (χ1n) is 9.73. The lowest BCUT2D eigenvalue weighted by Gasteiger charge is -2.06. The van der Waals surface area contributed by atoms with Crippen molar-refractivity contribution in [2.75, 3.05) is 5.32 Å². The van der Waals surface area contributed by atoms with Crippen molar-refractivity contribution in [2.24, 2.45) is 0 Å². The fourth-order valence-corrected chi connectivity index (χ4v) is 3.01. The zero-order chi connectivity index (χ0) is 20.1. The van der Waals surface area contributed by atoms with Gasteiger partial charge in [-0.05, 0) is 65.9 Å². The van der Waals surface area contributed by atoms with E-state index in [9.17, 15) is 9.59 Å². The predicted octanol–water partition coefficient (Wildman–Crippen LogP) is 4.90. The molecule has 3 aromatic rings. The number of rotatable bonds is 6. The van der Waals surface area contributed by atoms with E-state index in [2.05, 4.69) is 22.8 Å². The van der Waals surface area contributed by atoms with Crippen molar-refractivity contribution < 1.29 is 9.59 Å². The number of benzene rings is 3. The second-order valence-corrected chi connectivity index (χ2v) is 7.14. The maximum Gasteiger partial charge on any atom is 0.251 e. The van der Waals surface area contributed by atoms with Crippen LogP contribution < -0.4 is 10.6 Å². The molecule has 2 amide bonds. The minimum absolute atomic E-state index is 0.0661. The van der Waals surface area contributed by atoms with E-state index in [1.807, 2.05) is 42.5 Å². The van der Waals surface area contributed by atoms with Crippen molar-refractivity contribution in [1.82, 2.24) is 5.32 Å². The van der Waals surface area contributed by atoms with Gasteiger partial charge in [0.15, 0.2) is 0 Å². The first-order chi connectivity index (χ1) is 14.2. The molecule has 1 aliphatic rings. The van der Waals surface area contributed by atoms with Crippen molar-refractivity contribution in [3.05, 3.63) is 96.1 Å². The lowest BCUT2D eigenvalue weighted by atomic mass is 10.0. The smallest absolute Gasteiger partial charge is 0.251 e. The molecule has 1 saturated carbocycles. The van der Waals surface area contributed by atoms with Crippen LogP contribution in [0.4, 0.5) is 5.69 Å². The minimum atomic E-state index is -0.217. The summed E-state index contributed by atoms with van der Waals surface area (Å²) in [7, 11) is 0. The van der Waals surface area contributed by atoms with Gasteiger partial charge in [0.25, 0.3) is 5.91 Å². The number of anilines is 1. The molecule has 1 aliphatic carbocycles. The Kier molecular flexibility index (Phi) is 5.52. The number of carbonyl (C=O) groups excluding carboxylic acids is 2. The monoisotopic (exact) mass is 382 g/mol. The number of hydrogen-bond acceptors (Lipinski definition) is 2. The molecule has 4 nitrogen and oxygen atoms in total. The quantitative estimate of drug-likeness (QED) is 0.596. The average Bonchev–Trinajstić information content (AvgIpc) is 3.58. The lowest BCUT2D eigenvalue weighted by Crippen LogP contribution is -2.25. The third kappa shape index (κ3) is 5.20. The van der Waals surface area contributed by atoms with Gasteiger partial charge in [-0.15, -0.1) is 0 Å². The van der Waals surface area contributed by atoms with Gasteiger partial charge >= 0.3 is 0 Å². The van der Waals surface area contributed by atoms with Gasteiger partial charge in [-0.1, -0.05) is 48.5 Å². The molecule has 29 heavy (non-hydrogen) atoms. The van der Waals surface area contributed by atoms with Crippen molar-refractivity contribution >= 4 is 23.6 Å². The Balaban J connectivity index is 1.37. The summed E-state index contributed by atoms with van der Waals surface area (Å²) in [5, 5.41) is 5.77. The molecule has 0 saturated heterocycles. The van der Waals surface area contributed by atoms with Crippen molar-refractivity contribution in [1.29, 1.82) is 0 Å². The van der Waals surface area contributed by atoms with Crippen LogP contribution in [0.5, 0.6) is 0 Å². The van der Waals surface area contributed by atoms with E-state index >= 15 is 0 Å². The van der Waals surface area contributed by atoms with Gasteiger partial charge in [0, 0.05) is 23.4 Å². The molecule has 0 heterocycles. The maximum absolute atomic E-state index is 12.2. The summed E-state index contributed by atoms with van der Waals surface area (Å²) in [6, 6.07) is 25.4. The minimum Gasteiger partial charge on any atom is -0.349 e. The van der Waals surface area contributed by atoms with Gasteiger partial charge < -0.3 is 10.6 Å². The molecule has 0 radical (unpaired) electrons. The Morgan fingerprint density at radius 1 is 0.828 bits per heavy atom. The lowest BCUT2D eigenvalue weighted by molar-refractivity contribution is -0.111. The maximum atomic E-state index is 12.2. The SMILES string of the molecule is O=C(/C=C/c1cccc(-c2ccccc2)c1)Nc1ccc(C(=O)NC2CC2)cc1. The summed E-state index contributed by atoms with van der Waals surface area (Å²) < 4.78 is 0. The van der Waals surface area contributed by atoms with Crippen LogP contribution in [0.15, 0.2) is 84.9 Å². The highest BCUT2D eigenvalue weighted by atomic mass is 16.2. The summed E-state index contributed by atoms with van der Waals surface area (Å²) in [5.41, 5.74) is 4.45.